The van der Waals surface area contributed by atoms with Gasteiger partial charge in [0.25, 0.3) is 0 Å². The van der Waals surface area contributed by atoms with E-state index in [9.17, 15) is 0 Å². The maximum absolute atomic E-state index is 5.44. The van der Waals surface area contributed by atoms with Crippen LogP contribution in [0.1, 0.15) is 31.6 Å². The lowest BCUT2D eigenvalue weighted by molar-refractivity contribution is 0.163. The van der Waals surface area contributed by atoms with Crippen molar-refractivity contribution in [2.24, 2.45) is 0 Å². The van der Waals surface area contributed by atoms with Crippen LogP contribution in [0.25, 0.3) is 0 Å². The number of hydrogen-bond donors (Lipinski definition) is 0. The third-order valence-corrected chi connectivity index (χ3v) is 3.96. The number of ether oxygens (including phenoxy) is 1. The third kappa shape index (κ3) is 3.58. The fourth-order valence-electron chi connectivity index (χ4n) is 2.66. The van der Waals surface area contributed by atoms with Gasteiger partial charge in [-0.25, -0.2) is 4.98 Å². The van der Waals surface area contributed by atoms with E-state index in [1.807, 2.05) is 13.8 Å². The Morgan fingerprint density at radius 1 is 1.26 bits per heavy atom. The monoisotopic (exact) mass is 318 g/mol. The van der Waals surface area contributed by atoms with Crippen LogP contribution in [0.3, 0.4) is 0 Å². The van der Waals surface area contributed by atoms with Gasteiger partial charge in [-0.1, -0.05) is 5.16 Å². The van der Waals surface area contributed by atoms with Crippen LogP contribution in [0.2, 0.25) is 0 Å². The average molecular weight is 318 g/mol. The van der Waals surface area contributed by atoms with Crippen LogP contribution in [0.4, 0.5) is 5.95 Å². The van der Waals surface area contributed by atoms with Crippen LogP contribution in [0.5, 0.6) is 5.88 Å². The molecule has 0 aliphatic carbocycles. The molecular weight excluding hydrogens is 296 g/mol. The van der Waals surface area contributed by atoms with Crippen LogP contribution in [0.15, 0.2) is 16.8 Å². The Morgan fingerprint density at radius 3 is 2.70 bits per heavy atom. The van der Waals surface area contributed by atoms with Crippen molar-refractivity contribution < 1.29 is 9.26 Å². The summed E-state index contributed by atoms with van der Waals surface area (Å²) in [5.74, 6) is 2.68. The summed E-state index contributed by atoms with van der Waals surface area (Å²) in [6.07, 6.45) is 1.74. The summed E-state index contributed by atoms with van der Waals surface area (Å²) in [6.45, 7) is 9.97. The van der Waals surface area contributed by atoms with Crippen LogP contribution in [-0.4, -0.2) is 57.8 Å². The van der Waals surface area contributed by atoms with Gasteiger partial charge in [0.2, 0.25) is 17.7 Å². The van der Waals surface area contributed by atoms with Crippen molar-refractivity contribution in [1.82, 2.24) is 25.0 Å². The van der Waals surface area contributed by atoms with Gasteiger partial charge in [0, 0.05) is 38.4 Å². The number of aromatic nitrogens is 4. The Bertz CT molecular complexity index is 638. The molecule has 3 rings (SSSR count). The summed E-state index contributed by atoms with van der Waals surface area (Å²) in [6, 6.07) is 1.90. The zero-order valence-corrected chi connectivity index (χ0v) is 13.8. The van der Waals surface area contributed by atoms with Gasteiger partial charge >= 0.3 is 0 Å². The van der Waals surface area contributed by atoms with Crippen molar-refractivity contribution in [3.63, 3.8) is 0 Å². The van der Waals surface area contributed by atoms with E-state index in [-0.39, 0.29) is 6.04 Å². The van der Waals surface area contributed by atoms with Gasteiger partial charge in [-0.15, -0.1) is 0 Å². The van der Waals surface area contributed by atoms with Gasteiger partial charge in [0.1, 0.15) is 0 Å². The lowest BCUT2D eigenvalue weighted by Gasteiger charge is -2.36. The van der Waals surface area contributed by atoms with Gasteiger partial charge in [-0.2, -0.15) is 9.97 Å². The van der Waals surface area contributed by atoms with Crippen molar-refractivity contribution in [3.05, 3.63) is 24.0 Å². The highest BCUT2D eigenvalue weighted by molar-refractivity contribution is 5.32. The number of rotatable bonds is 5. The number of aryl methyl sites for hydroxylation is 1. The first-order valence-electron chi connectivity index (χ1n) is 7.92. The summed E-state index contributed by atoms with van der Waals surface area (Å²) >= 11 is 0. The summed E-state index contributed by atoms with van der Waals surface area (Å²) in [5, 5.41) is 3.87. The van der Waals surface area contributed by atoms with Crippen LogP contribution < -0.4 is 9.64 Å². The van der Waals surface area contributed by atoms with E-state index in [0.29, 0.717) is 24.2 Å². The zero-order valence-electron chi connectivity index (χ0n) is 13.8. The van der Waals surface area contributed by atoms with Gasteiger partial charge in [0.15, 0.2) is 5.82 Å². The predicted molar refractivity (Wildman–Crippen MR) is 84.4 cm³/mol. The average Bonchev–Trinajstić information content (AvgIpc) is 3.01. The molecule has 1 atom stereocenters. The Balaban J connectivity index is 1.61. The molecule has 0 N–H and O–H groups in total. The fourth-order valence-corrected chi connectivity index (χ4v) is 2.66. The second kappa shape index (κ2) is 6.91. The normalized spacial score (nSPS) is 17.3. The van der Waals surface area contributed by atoms with E-state index in [1.54, 1.807) is 12.3 Å². The second-order valence-electron chi connectivity index (χ2n) is 5.51. The zero-order chi connectivity index (χ0) is 16.2. The largest absolute Gasteiger partial charge is 0.478 e. The Kier molecular flexibility index (Phi) is 4.71. The van der Waals surface area contributed by atoms with Crippen LogP contribution >= 0.6 is 0 Å². The van der Waals surface area contributed by atoms with Gasteiger partial charge in [-0.3, -0.25) is 4.90 Å². The molecule has 0 radical (unpaired) electrons. The van der Waals surface area contributed by atoms with Crippen molar-refractivity contribution in [3.8, 4) is 5.88 Å². The van der Waals surface area contributed by atoms with Gasteiger partial charge < -0.3 is 14.2 Å². The topological polar surface area (TPSA) is 80.4 Å². The molecule has 0 amide bonds. The number of anilines is 1. The summed E-state index contributed by atoms with van der Waals surface area (Å²) in [5.41, 5.74) is 0. The first-order valence-corrected chi connectivity index (χ1v) is 7.92. The lowest BCUT2D eigenvalue weighted by atomic mass is 10.2. The molecule has 1 unspecified atom stereocenters. The molecule has 124 valence electrons. The third-order valence-electron chi connectivity index (χ3n) is 3.96. The molecule has 1 aliphatic heterocycles. The maximum Gasteiger partial charge on any atom is 0.243 e. The summed E-state index contributed by atoms with van der Waals surface area (Å²) in [7, 11) is 0. The van der Waals surface area contributed by atoms with Crippen molar-refractivity contribution in [2.75, 3.05) is 37.7 Å². The van der Waals surface area contributed by atoms with Crippen LogP contribution in [-0.2, 0) is 0 Å². The maximum atomic E-state index is 5.44. The lowest BCUT2D eigenvalue weighted by Crippen LogP contribution is -2.47. The molecule has 1 saturated heterocycles. The van der Waals surface area contributed by atoms with E-state index in [2.05, 4.69) is 36.8 Å². The molecule has 8 nitrogen and oxygen atoms in total. The first kappa shape index (κ1) is 15.7. The standard InChI is InChI=1S/C15H22N6O2/c1-4-22-13-5-6-16-15(18-13)21-9-7-20(8-10-21)11(2)14-17-12(3)19-23-14/h5-6,11H,4,7-10H2,1-3H3. The van der Waals surface area contributed by atoms with E-state index in [0.717, 1.165) is 32.1 Å². The molecule has 23 heavy (non-hydrogen) atoms. The Hall–Kier alpha value is -2.22. The summed E-state index contributed by atoms with van der Waals surface area (Å²) < 4.78 is 10.7. The smallest absolute Gasteiger partial charge is 0.243 e. The minimum atomic E-state index is 0.119. The minimum absolute atomic E-state index is 0.119. The molecule has 0 spiro atoms. The highest BCUT2D eigenvalue weighted by Gasteiger charge is 2.26. The minimum Gasteiger partial charge on any atom is -0.478 e. The van der Waals surface area contributed by atoms with Crippen molar-refractivity contribution in [2.45, 2.75) is 26.8 Å². The molecule has 0 bridgehead atoms. The highest BCUT2D eigenvalue weighted by atomic mass is 16.5. The number of hydrogen-bond acceptors (Lipinski definition) is 8. The molecule has 2 aromatic rings. The molecule has 0 saturated carbocycles. The predicted octanol–water partition coefficient (Wildman–Crippen LogP) is 1.45. The van der Waals surface area contributed by atoms with Crippen LogP contribution in [0, 0.1) is 6.92 Å². The number of piperazine rings is 1. The SMILES string of the molecule is CCOc1ccnc(N2CCN(C(C)c3nc(C)no3)CC2)n1. The van der Waals surface area contributed by atoms with Gasteiger partial charge in [-0.05, 0) is 20.8 Å². The second-order valence-corrected chi connectivity index (χ2v) is 5.51. The van der Waals surface area contributed by atoms with E-state index in [4.69, 9.17) is 9.26 Å². The van der Waals surface area contributed by atoms with Crippen molar-refractivity contribution >= 4 is 5.95 Å². The molecule has 2 aromatic heterocycles. The van der Waals surface area contributed by atoms with Crippen molar-refractivity contribution in [1.29, 1.82) is 0 Å². The van der Waals surface area contributed by atoms with E-state index >= 15 is 0 Å². The Morgan fingerprint density at radius 2 is 2.04 bits per heavy atom. The number of nitrogens with zero attached hydrogens (tertiary/aromatic N) is 6. The molecular formula is C15H22N6O2. The van der Waals surface area contributed by atoms with Gasteiger partial charge in [0.05, 0.1) is 12.6 Å². The molecule has 8 heteroatoms. The fraction of sp³-hybridized carbons (Fsp3) is 0.600. The molecule has 3 heterocycles. The van der Waals surface area contributed by atoms with E-state index < -0.39 is 0 Å². The van der Waals surface area contributed by atoms with E-state index in [1.165, 1.54) is 0 Å². The summed E-state index contributed by atoms with van der Waals surface area (Å²) in [4.78, 5) is 17.6. The highest BCUT2D eigenvalue weighted by Crippen LogP contribution is 2.22. The molecule has 1 fully saturated rings. The molecule has 0 aromatic carbocycles. The first-order chi connectivity index (χ1) is 11.2. The molecule has 1 aliphatic rings. The quantitative estimate of drug-likeness (QED) is 0.819. The Labute approximate surface area is 135 Å².